The van der Waals surface area contributed by atoms with E-state index in [9.17, 15) is 0 Å². The lowest BCUT2D eigenvalue weighted by Crippen LogP contribution is -3.06. The molecule has 5 nitrogen and oxygen atoms in total. The minimum Gasteiger partial charge on any atom is -0.357 e. The summed E-state index contributed by atoms with van der Waals surface area (Å²) in [7, 11) is 6.20. The monoisotopic (exact) mass is 352 g/mol. The third kappa shape index (κ3) is 5.20. The lowest BCUT2D eigenvalue weighted by Gasteiger charge is -2.21. The Morgan fingerprint density at radius 3 is 2.61 bits per heavy atom. The van der Waals surface area contributed by atoms with Gasteiger partial charge in [-0.2, -0.15) is 0 Å². The van der Waals surface area contributed by atoms with Crippen LogP contribution >= 0.6 is 23.8 Å². The summed E-state index contributed by atoms with van der Waals surface area (Å²) in [5.41, 5.74) is 1.06. The van der Waals surface area contributed by atoms with Gasteiger partial charge in [0.25, 0.3) is 0 Å². The van der Waals surface area contributed by atoms with Crippen molar-refractivity contribution in [2.24, 2.45) is 7.05 Å². The van der Waals surface area contributed by atoms with E-state index in [2.05, 4.69) is 29.7 Å². The number of hydrogen-bond donors (Lipinski definition) is 3. The van der Waals surface area contributed by atoms with Crippen molar-refractivity contribution in [3.8, 4) is 0 Å². The lowest BCUT2D eigenvalue weighted by molar-refractivity contribution is -0.856. The predicted octanol–water partition coefficient (Wildman–Crippen LogP) is 0.772. The van der Waals surface area contributed by atoms with E-state index in [0.29, 0.717) is 10.1 Å². The number of rotatable bonds is 6. The van der Waals surface area contributed by atoms with E-state index in [1.54, 1.807) is 6.20 Å². The highest BCUT2D eigenvalue weighted by Crippen LogP contribution is 2.22. The molecule has 0 saturated carbocycles. The molecule has 1 aromatic carbocycles. The molecule has 0 aliphatic heterocycles. The molecule has 0 radical (unpaired) electrons. The second-order valence-electron chi connectivity index (χ2n) is 5.74. The SMILES string of the molecule is Cn1ccnc1[C@@H](NC(=S)NCC[NH+](C)C)c1ccc(Cl)cc1. The number of halogens is 1. The van der Waals surface area contributed by atoms with Gasteiger partial charge in [0.1, 0.15) is 11.9 Å². The number of aryl methyl sites for hydroxylation is 1. The van der Waals surface area contributed by atoms with Crippen LogP contribution in [0.5, 0.6) is 0 Å². The van der Waals surface area contributed by atoms with Gasteiger partial charge in [0.2, 0.25) is 0 Å². The van der Waals surface area contributed by atoms with Crippen molar-refractivity contribution >= 4 is 28.9 Å². The fourth-order valence-electron chi connectivity index (χ4n) is 2.22. The van der Waals surface area contributed by atoms with E-state index < -0.39 is 0 Å². The van der Waals surface area contributed by atoms with Gasteiger partial charge in [0.05, 0.1) is 27.2 Å². The van der Waals surface area contributed by atoms with Crippen LogP contribution in [0.2, 0.25) is 5.02 Å². The number of likely N-dealkylation sites (N-methyl/N-ethyl adjacent to an activating group) is 1. The molecule has 0 saturated heterocycles. The maximum atomic E-state index is 5.99. The summed E-state index contributed by atoms with van der Waals surface area (Å²) in [4.78, 5) is 5.83. The standard InChI is InChI=1S/C16H22ClN5S/c1-21(2)10-8-19-16(23)20-14(15-18-9-11-22(15)3)12-4-6-13(17)7-5-12/h4-7,9,11,14H,8,10H2,1-3H3,(H2,19,20,23)/p+1/t14-/m0/s1. The Bertz CT molecular complexity index is 638. The fourth-order valence-corrected chi connectivity index (χ4v) is 2.56. The van der Waals surface area contributed by atoms with Crippen LogP contribution < -0.4 is 15.5 Å². The van der Waals surface area contributed by atoms with E-state index in [-0.39, 0.29) is 6.04 Å². The highest BCUT2D eigenvalue weighted by Gasteiger charge is 2.19. The summed E-state index contributed by atoms with van der Waals surface area (Å²) in [6, 6.07) is 7.60. The number of nitrogens with one attached hydrogen (secondary N) is 3. The molecule has 0 spiro atoms. The molecule has 2 aromatic rings. The third-order valence-electron chi connectivity index (χ3n) is 3.51. The minimum atomic E-state index is -0.126. The molecular formula is C16H23ClN5S+. The van der Waals surface area contributed by atoms with Crippen molar-refractivity contribution in [2.45, 2.75) is 6.04 Å². The number of imidazole rings is 1. The summed E-state index contributed by atoms with van der Waals surface area (Å²) >= 11 is 11.4. The van der Waals surface area contributed by atoms with Crippen LogP contribution in [0.1, 0.15) is 17.4 Å². The smallest absolute Gasteiger partial charge is 0.167 e. The van der Waals surface area contributed by atoms with E-state index in [1.807, 2.05) is 42.1 Å². The number of aromatic nitrogens is 2. The highest BCUT2D eigenvalue weighted by molar-refractivity contribution is 7.80. The van der Waals surface area contributed by atoms with Gasteiger partial charge in [0.15, 0.2) is 5.11 Å². The van der Waals surface area contributed by atoms with Crippen LogP contribution in [0, 0.1) is 0 Å². The second kappa shape index (κ2) is 8.29. The van der Waals surface area contributed by atoms with Crippen molar-refractivity contribution < 1.29 is 4.90 Å². The Morgan fingerprint density at radius 2 is 2.04 bits per heavy atom. The molecule has 7 heteroatoms. The average molecular weight is 353 g/mol. The van der Waals surface area contributed by atoms with Gasteiger partial charge in [-0.05, 0) is 29.9 Å². The van der Waals surface area contributed by atoms with E-state index in [1.165, 1.54) is 4.90 Å². The summed E-state index contributed by atoms with van der Waals surface area (Å²) in [5.74, 6) is 0.898. The summed E-state index contributed by atoms with van der Waals surface area (Å²) in [6.07, 6.45) is 3.71. The molecule has 23 heavy (non-hydrogen) atoms. The molecule has 124 valence electrons. The molecule has 1 heterocycles. The van der Waals surface area contributed by atoms with Crippen molar-refractivity contribution in [1.82, 2.24) is 20.2 Å². The maximum Gasteiger partial charge on any atom is 0.167 e. The van der Waals surface area contributed by atoms with Crippen LogP contribution in [0.3, 0.4) is 0 Å². The van der Waals surface area contributed by atoms with E-state index in [4.69, 9.17) is 23.8 Å². The average Bonchev–Trinajstić information content (AvgIpc) is 2.91. The quantitative estimate of drug-likeness (QED) is 0.672. The fraction of sp³-hybridized carbons (Fsp3) is 0.375. The Morgan fingerprint density at radius 1 is 1.35 bits per heavy atom. The van der Waals surface area contributed by atoms with Crippen molar-refractivity contribution in [2.75, 3.05) is 27.2 Å². The van der Waals surface area contributed by atoms with Gasteiger partial charge in [-0.15, -0.1) is 0 Å². The van der Waals surface area contributed by atoms with Crippen molar-refractivity contribution in [1.29, 1.82) is 0 Å². The first kappa shape index (κ1) is 17.7. The van der Waals surface area contributed by atoms with E-state index in [0.717, 1.165) is 24.5 Å². The number of quaternary nitrogens is 1. The van der Waals surface area contributed by atoms with Crippen LogP contribution in [-0.4, -0.2) is 41.8 Å². The van der Waals surface area contributed by atoms with Crippen LogP contribution in [0.25, 0.3) is 0 Å². The molecule has 1 atom stereocenters. The molecule has 3 N–H and O–H groups in total. The van der Waals surface area contributed by atoms with Gasteiger partial charge >= 0.3 is 0 Å². The van der Waals surface area contributed by atoms with Crippen LogP contribution in [0.4, 0.5) is 0 Å². The normalized spacial score (nSPS) is 12.2. The summed E-state index contributed by atoms with van der Waals surface area (Å²) < 4.78 is 1.98. The topological polar surface area (TPSA) is 46.3 Å². The lowest BCUT2D eigenvalue weighted by atomic mass is 10.1. The van der Waals surface area contributed by atoms with Gasteiger partial charge in [0, 0.05) is 24.5 Å². The molecule has 1 aromatic heterocycles. The number of hydrogen-bond acceptors (Lipinski definition) is 2. The minimum absolute atomic E-state index is 0.126. The first-order valence-corrected chi connectivity index (χ1v) is 8.32. The Balaban J connectivity index is 2.13. The van der Waals surface area contributed by atoms with Gasteiger partial charge < -0.3 is 20.1 Å². The Labute approximate surface area is 147 Å². The molecule has 0 unspecified atom stereocenters. The van der Waals surface area contributed by atoms with Gasteiger partial charge in [-0.3, -0.25) is 0 Å². The molecule has 0 aliphatic carbocycles. The predicted molar refractivity (Wildman–Crippen MR) is 97.9 cm³/mol. The molecular weight excluding hydrogens is 330 g/mol. The number of benzene rings is 1. The molecule has 0 amide bonds. The molecule has 2 rings (SSSR count). The zero-order valence-electron chi connectivity index (χ0n) is 13.6. The Kier molecular flexibility index (Phi) is 6.38. The van der Waals surface area contributed by atoms with Gasteiger partial charge in [-0.25, -0.2) is 4.98 Å². The first-order valence-electron chi connectivity index (χ1n) is 7.53. The van der Waals surface area contributed by atoms with Crippen molar-refractivity contribution in [3.05, 3.63) is 53.1 Å². The summed E-state index contributed by atoms with van der Waals surface area (Å²) in [6.45, 7) is 1.82. The molecule has 0 fully saturated rings. The zero-order valence-corrected chi connectivity index (χ0v) is 15.2. The van der Waals surface area contributed by atoms with Crippen LogP contribution in [-0.2, 0) is 7.05 Å². The Hall–Kier alpha value is -1.63. The molecule has 0 bridgehead atoms. The third-order valence-corrected chi connectivity index (χ3v) is 4.02. The summed E-state index contributed by atoms with van der Waals surface area (Å²) in [5, 5.41) is 7.93. The zero-order chi connectivity index (χ0) is 16.8. The first-order chi connectivity index (χ1) is 11.0. The molecule has 0 aliphatic rings. The number of nitrogens with zero attached hydrogens (tertiary/aromatic N) is 2. The van der Waals surface area contributed by atoms with Crippen molar-refractivity contribution in [3.63, 3.8) is 0 Å². The largest absolute Gasteiger partial charge is 0.357 e. The second-order valence-corrected chi connectivity index (χ2v) is 6.58. The maximum absolute atomic E-state index is 5.99. The van der Waals surface area contributed by atoms with Gasteiger partial charge in [-0.1, -0.05) is 23.7 Å². The highest BCUT2D eigenvalue weighted by atomic mass is 35.5. The van der Waals surface area contributed by atoms with E-state index >= 15 is 0 Å². The number of thiocarbonyl (C=S) groups is 1. The van der Waals surface area contributed by atoms with Crippen LogP contribution in [0.15, 0.2) is 36.7 Å².